The summed E-state index contributed by atoms with van der Waals surface area (Å²) in [4.78, 5) is 7.61. The van der Waals surface area contributed by atoms with Gasteiger partial charge in [-0.05, 0) is 104 Å². The van der Waals surface area contributed by atoms with E-state index in [-0.39, 0.29) is 17.6 Å². The van der Waals surface area contributed by atoms with Crippen LogP contribution >= 0.6 is 0 Å². The maximum atomic E-state index is 11.8. The Balaban J connectivity index is 1.37. The summed E-state index contributed by atoms with van der Waals surface area (Å²) in [6.45, 7) is 9.81. The Morgan fingerprint density at radius 1 is 1.09 bits per heavy atom. The molecule has 11 atom stereocenters. The van der Waals surface area contributed by atoms with Crippen LogP contribution in [0.3, 0.4) is 0 Å². The number of imidazole rings is 1. The quantitative estimate of drug-likeness (QED) is 0.489. The Morgan fingerprint density at radius 3 is 2.52 bits per heavy atom. The highest BCUT2D eigenvalue weighted by Gasteiger charge is 2.64. The van der Waals surface area contributed by atoms with Gasteiger partial charge in [0.1, 0.15) is 11.6 Å². The first-order chi connectivity index (χ1) is 15.7. The summed E-state index contributed by atoms with van der Waals surface area (Å²) in [7, 11) is 0. The van der Waals surface area contributed by atoms with Crippen LogP contribution in [0.15, 0.2) is 6.20 Å². The molecule has 4 fully saturated rings. The van der Waals surface area contributed by atoms with Gasteiger partial charge in [0.15, 0.2) is 0 Å². The summed E-state index contributed by atoms with van der Waals surface area (Å²) in [6.07, 6.45) is 12.6. The van der Waals surface area contributed by atoms with Crippen LogP contribution in [0.25, 0.3) is 0 Å². The number of nitrogen functional groups attached to an aromatic ring is 1. The number of aromatic amines is 1. The average Bonchev–Trinajstić information content (AvgIpc) is 3.36. The summed E-state index contributed by atoms with van der Waals surface area (Å²) in [5.74, 6) is 5.55. The molecule has 33 heavy (non-hydrogen) atoms. The van der Waals surface area contributed by atoms with E-state index in [0.29, 0.717) is 46.7 Å². The number of aromatic nitrogens is 2. The number of hydrogen-bond donors (Lipinski definition) is 4. The fourth-order valence-corrected chi connectivity index (χ4v) is 10.0. The lowest BCUT2D eigenvalue weighted by molar-refractivity contribution is -0.203. The molecule has 1 heterocycles. The minimum Gasteiger partial charge on any atom is -0.393 e. The summed E-state index contributed by atoms with van der Waals surface area (Å²) in [5, 5.41) is 22.3. The van der Waals surface area contributed by atoms with Crippen LogP contribution in [0.5, 0.6) is 0 Å². The molecule has 5 N–H and O–H groups in total. The molecule has 186 valence electrons. The van der Waals surface area contributed by atoms with Crippen molar-refractivity contribution in [3.63, 3.8) is 0 Å². The maximum absolute atomic E-state index is 11.8. The van der Waals surface area contributed by atoms with Gasteiger partial charge in [-0.25, -0.2) is 4.98 Å². The highest BCUT2D eigenvalue weighted by atomic mass is 16.3. The van der Waals surface area contributed by atoms with Crippen molar-refractivity contribution >= 4 is 5.82 Å². The average molecular weight is 458 g/mol. The van der Waals surface area contributed by atoms with E-state index in [4.69, 9.17) is 5.73 Å². The van der Waals surface area contributed by atoms with E-state index in [0.717, 1.165) is 50.3 Å². The normalized spacial score (nSPS) is 48.1. The Morgan fingerprint density at radius 2 is 1.82 bits per heavy atom. The van der Waals surface area contributed by atoms with Crippen molar-refractivity contribution < 1.29 is 10.2 Å². The van der Waals surface area contributed by atoms with E-state index in [1.807, 2.05) is 0 Å². The molecule has 0 saturated heterocycles. The zero-order valence-corrected chi connectivity index (χ0v) is 21.3. The molecule has 0 aliphatic heterocycles. The topological polar surface area (TPSA) is 95.2 Å². The lowest BCUT2D eigenvalue weighted by Gasteiger charge is -2.64. The van der Waals surface area contributed by atoms with Crippen molar-refractivity contribution in [3.8, 4) is 0 Å². The number of hydrogen-bond acceptors (Lipinski definition) is 4. The van der Waals surface area contributed by atoms with Crippen LogP contribution in [-0.4, -0.2) is 32.4 Å². The van der Waals surface area contributed by atoms with Gasteiger partial charge in [-0.1, -0.05) is 34.1 Å². The Bertz CT molecular complexity index is 841. The molecule has 1 unspecified atom stereocenters. The van der Waals surface area contributed by atoms with E-state index in [2.05, 4.69) is 37.7 Å². The lowest BCUT2D eigenvalue weighted by Crippen LogP contribution is -2.62. The zero-order chi connectivity index (χ0) is 23.5. The van der Waals surface area contributed by atoms with E-state index >= 15 is 0 Å². The number of rotatable bonds is 5. The molecule has 1 aromatic rings. The number of nitrogens with two attached hydrogens (primary N) is 1. The van der Waals surface area contributed by atoms with Crippen molar-refractivity contribution in [2.45, 2.75) is 104 Å². The minimum atomic E-state index is -0.201. The van der Waals surface area contributed by atoms with Crippen molar-refractivity contribution in [2.24, 2.45) is 52.3 Å². The summed E-state index contributed by atoms with van der Waals surface area (Å²) in [6, 6.07) is 0. The zero-order valence-electron chi connectivity index (χ0n) is 21.3. The molecule has 0 bridgehead atoms. The predicted octanol–water partition coefficient (Wildman–Crippen LogP) is 5.19. The van der Waals surface area contributed by atoms with Crippen LogP contribution in [0.4, 0.5) is 5.82 Å². The van der Waals surface area contributed by atoms with Gasteiger partial charge in [0.05, 0.1) is 18.4 Å². The van der Waals surface area contributed by atoms with Crippen LogP contribution in [0.2, 0.25) is 0 Å². The number of aliphatic hydroxyl groups excluding tert-OH is 2. The third kappa shape index (κ3) is 3.67. The highest BCUT2D eigenvalue weighted by molar-refractivity contribution is 5.24. The van der Waals surface area contributed by atoms with Gasteiger partial charge in [-0.2, -0.15) is 0 Å². The highest BCUT2D eigenvalue weighted by Crippen LogP contribution is 2.69. The van der Waals surface area contributed by atoms with Gasteiger partial charge in [0.2, 0.25) is 0 Å². The number of H-pyrrole nitrogens is 1. The lowest BCUT2D eigenvalue weighted by atomic mass is 9.41. The molecule has 4 aliphatic rings. The molecule has 5 rings (SSSR count). The van der Waals surface area contributed by atoms with E-state index < -0.39 is 0 Å². The van der Waals surface area contributed by atoms with Crippen LogP contribution < -0.4 is 5.73 Å². The van der Waals surface area contributed by atoms with Gasteiger partial charge >= 0.3 is 0 Å². The van der Waals surface area contributed by atoms with Gasteiger partial charge in [0.25, 0.3) is 0 Å². The van der Waals surface area contributed by atoms with Crippen molar-refractivity contribution in [3.05, 3.63) is 12.0 Å². The summed E-state index contributed by atoms with van der Waals surface area (Å²) in [5.41, 5.74) is 6.44. The molecule has 0 radical (unpaired) electrons. The number of nitrogens with zero attached hydrogens (tertiary/aromatic N) is 1. The van der Waals surface area contributed by atoms with Crippen molar-refractivity contribution in [1.82, 2.24) is 9.97 Å². The second-order valence-electron chi connectivity index (χ2n) is 12.9. The summed E-state index contributed by atoms with van der Waals surface area (Å²) >= 11 is 0. The Kier molecular flexibility index (Phi) is 6.13. The van der Waals surface area contributed by atoms with E-state index in [9.17, 15) is 10.2 Å². The fourth-order valence-electron chi connectivity index (χ4n) is 10.0. The molecule has 0 amide bonds. The number of aryl methyl sites for hydroxylation is 1. The third-order valence-corrected chi connectivity index (χ3v) is 11.6. The van der Waals surface area contributed by atoms with Gasteiger partial charge in [-0.15, -0.1) is 0 Å². The first kappa shape index (κ1) is 23.7. The SMILES string of the molecule is CC[C@@H]1C2C[C@H](O)CC[C@]2(C)[C@H]2CC[C@]3(C)[C@@H]([C@H](C)CCc4ncc(N)[nH]4)CC[C@H]3[C@@H]2[C@@H]1O. The smallest absolute Gasteiger partial charge is 0.120 e. The molecule has 5 heteroatoms. The summed E-state index contributed by atoms with van der Waals surface area (Å²) < 4.78 is 0. The fraction of sp³-hybridized carbons (Fsp3) is 0.893. The second-order valence-corrected chi connectivity index (χ2v) is 12.9. The van der Waals surface area contributed by atoms with Crippen LogP contribution in [0, 0.1) is 52.3 Å². The van der Waals surface area contributed by atoms with E-state index in [1.165, 1.54) is 25.7 Å². The van der Waals surface area contributed by atoms with Gasteiger partial charge < -0.3 is 20.9 Å². The molecular formula is C28H47N3O2. The molecule has 4 saturated carbocycles. The first-order valence-corrected chi connectivity index (χ1v) is 13.8. The number of aliphatic hydroxyl groups is 2. The second kappa shape index (κ2) is 8.55. The molecule has 4 aliphatic carbocycles. The number of nitrogens with one attached hydrogen (secondary N) is 1. The number of anilines is 1. The molecule has 1 aromatic heterocycles. The van der Waals surface area contributed by atoms with Gasteiger partial charge in [-0.3, -0.25) is 0 Å². The standard InChI is InChI=1S/C28H47N3O2/c1-5-18-22-14-17(32)10-12-28(22,4)21-11-13-27(3)19(7-8-20(27)25(21)26(18)33)16(2)6-9-24-30-15-23(29)31-24/h15-22,25-26,32-33H,5-14,29H2,1-4H3,(H,30,31)/t16-,17-,18-,19-,20+,21+,22?,25+,26-,27-,28-/m1/s1. The van der Waals surface area contributed by atoms with Crippen molar-refractivity contribution in [2.75, 3.05) is 5.73 Å². The Hall–Kier alpha value is -1.07. The molecular weight excluding hydrogens is 410 g/mol. The molecule has 0 spiro atoms. The predicted molar refractivity (Wildman–Crippen MR) is 132 cm³/mol. The van der Waals surface area contributed by atoms with Crippen LogP contribution in [-0.2, 0) is 6.42 Å². The van der Waals surface area contributed by atoms with Gasteiger partial charge in [0, 0.05) is 6.42 Å². The monoisotopic (exact) mass is 457 g/mol. The Labute approximate surface area is 200 Å². The van der Waals surface area contributed by atoms with Crippen LogP contribution in [0.1, 0.15) is 91.3 Å². The molecule has 5 nitrogen and oxygen atoms in total. The molecule has 0 aromatic carbocycles. The van der Waals surface area contributed by atoms with E-state index in [1.54, 1.807) is 6.20 Å². The maximum Gasteiger partial charge on any atom is 0.120 e. The largest absolute Gasteiger partial charge is 0.393 e. The first-order valence-electron chi connectivity index (χ1n) is 13.8. The number of fused-ring (bicyclic) bond motifs is 5. The minimum absolute atomic E-state index is 0.170. The van der Waals surface area contributed by atoms with Crippen molar-refractivity contribution in [1.29, 1.82) is 0 Å². The third-order valence-electron chi connectivity index (χ3n) is 11.6.